The third-order valence-corrected chi connectivity index (χ3v) is 10.8. The van der Waals surface area contributed by atoms with E-state index < -0.39 is 0 Å². The quantitative estimate of drug-likeness (QED) is 0.162. The molecular formula is C51H34N2O2. The van der Waals surface area contributed by atoms with Gasteiger partial charge in [-0.25, -0.2) is 4.90 Å². The van der Waals surface area contributed by atoms with E-state index in [9.17, 15) is 4.79 Å². The molecule has 2 amide bonds. The summed E-state index contributed by atoms with van der Waals surface area (Å²) in [5.74, 6) is -0.692. The zero-order valence-corrected chi connectivity index (χ0v) is 30.1. The number of aromatic nitrogens is 1. The predicted octanol–water partition coefficient (Wildman–Crippen LogP) is 12.6. The van der Waals surface area contributed by atoms with E-state index in [2.05, 4.69) is 90.4 Å². The van der Waals surface area contributed by atoms with Gasteiger partial charge in [-0.15, -0.1) is 0 Å². The average Bonchev–Trinajstić information content (AvgIpc) is 3.71. The number of aryl methyl sites for hydroxylation is 1. The Balaban J connectivity index is 1.22. The molecule has 0 aliphatic carbocycles. The summed E-state index contributed by atoms with van der Waals surface area (Å²) in [6, 6.07) is 63.5. The van der Waals surface area contributed by atoms with Crippen molar-refractivity contribution in [3.8, 4) is 50.2 Å². The number of nitrogens with zero attached hydrogens (tertiary/aromatic N) is 2. The third kappa shape index (κ3) is 5.30. The van der Waals surface area contributed by atoms with Gasteiger partial charge < -0.3 is 4.57 Å². The number of benzene rings is 8. The molecule has 0 unspecified atom stereocenters. The Labute approximate surface area is 319 Å². The van der Waals surface area contributed by atoms with Crippen LogP contribution in [0.15, 0.2) is 188 Å². The van der Waals surface area contributed by atoms with Crippen LogP contribution in [0.5, 0.6) is 0 Å². The molecule has 0 atom stereocenters. The predicted molar refractivity (Wildman–Crippen MR) is 225 cm³/mol. The van der Waals surface area contributed by atoms with Gasteiger partial charge >= 0.3 is 0 Å². The molecule has 55 heavy (non-hydrogen) atoms. The maximum Gasteiger partial charge on any atom is 0.268 e. The van der Waals surface area contributed by atoms with E-state index in [1.165, 1.54) is 10.5 Å². The van der Waals surface area contributed by atoms with Crippen LogP contribution in [-0.4, -0.2) is 16.4 Å². The highest BCUT2D eigenvalue weighted by molar-refractivity contribution is 6.37. The van der Waals surface area contributed by atoms with Gasteiger partial charge in [0.1, 0.15) is 0 Å². The highest BCUT2D eigenvalue weighted by atomic mass is 16.2. The molecule has 0 spiro atoms. The summed E-state index contributed by atoms with van der Waals surface area (Å²) >= 11 is 0. The Hall–Kier alpha value is -7.30. The number of hydrogen-bond acceptors (Lipinski definition) is 2. The van der Waals surface area contributed by atoms with Gasteiger partial charge in [0.15, 0.2) is 0 Å². The minimum Gasteiger partial charge on any atom is -0.308 e. The Bertz CT molecular complexity index is 2890. The van der Waals surface area contributed by atoms with Gasteiger partial charge in [-0.05, 0) is 76.7 Å². The van der Waals surface area contributed by atoms with Crippen molar-refractivity contribution in [1.29, 1.82) is 0 Å². The van der Waals surface area contributed by atoms with Crippen molar-refractivity contribution in [2.24, 2.45) is 0 Å². The molecule has 260 valence electrons. The molecule has 8 aromatic carbocycles. The van der Waals surface area contributed by atoms with Crippen molar-refractivity contribution in [3.63, 3.8) is 0 Å². The molecule has 1 aliphatic rings. The molecule has 0 N–H and O–H groups in total. The van der Waals surface area contributed by atoms with Crippen LogP contribution in [0.4, 0.5) is 5.69 Å². The highest BCUT2D eigenvalue weighted by Crippen LogP contribution is 2.47. The molecule has 4 nitrogen and oxygen atoms in total. The molecule has 0 radical (unpaired) electrons. The second-order valence-electron chi connectivity index (χ2n) is 14.1. The van der Waals surface area contributed by atoms with Gasteiger partial charge in [0.05, 0.1) is 33.5 Å². The lowest BCUT2D eigenvalue weighted by atomic mass is 9.90. The van der Waals surface area contributed by atoms with Gasteiger partial charge in [0, 0.05) is 21.9 Å². The second-order valence-corrected chi connectivity index (χ2v) is 14.1. The lowest BCUT2D eigenvalue weighted by Gasteiger charge is -2.24. The van der Waals surface area contributed by atoms with Gasteiger partial charge in [0.25, 0.3) is 11.8 Å². The van der Waals surface area contributed by atoms with Gasteiger partial charge in [-0.2, -0.15) is 0 Å². The van der Waals surface area contributed by atoms with Crippen LogP contribution in [0.3, 0.4) is 0 Å². The van der Waals surface area contributed by atoms with E-state index >= 15 is 4.79 Å². The van der Waals surface area contributed by atoms with Crippen LogP contribution in [-0.2, 0) is 0 Å². The number of hydrogen-bond donors (Lipinski definition) is 0. The molecule has 0 bridgehead atoms. The van der Waals surface area contributed by atoms with Crippen LogP contribution in [0.1, 0.15) is 26.3 Å². The van der Waals surface area contributed by atoms with E-state index in [4.69, 9.17) is 0 Å². The minimum absolute atomic E-state index is 0.343. The maximum atomic E-state index is 15.3. The summed E-state index contributed by atoms with van der Waals surface area (Å²) in [6.07, 6.45) is 0. The normalized spacial score (nSPS) is 12.5. The number of rotatable bonds is 6. The minimum atomic E-state index is -0.349. The third-order valence-electron chi connectivity index (χ3n) is 10.8. The van der Waals surface area contributed by atoms with E-state index in [1.54, 1.807) is 6.07 Å². The number of fused-ring (bicyclic) bond motifs is 4. The van der Waals surface area contributed by atoms with Crippen LogP contribution in [0.25, 0.3) is 72.0 Å². The Kier molecular flexibility index (Phi) is 7.63. The number of imide groups is 1. The van der Waals surface area contributed by atoms with Crippen molar-refractivity contribution in [1.82, 2.24) is 4.57 Å². The smallest absolute Gasteiger partial charge is 0.268 e. The van der Waals surface area contributed by atoms with E-state index in [1.807, 2.05) is 103 Å². The summed E-state index contributed by atoms with van der Waals surface area (Å²) in [7, 11) is 0. The first kappa shape index (κ1) is 32.4. The lowest BCUT2D eigenvalue weighted by molar-refractivity contribution is 0.0926. The summed E-state index contributed by atoms with van der Waals surface area (Å²) in [4.78, 5) is 31.7. The van der Waals surface area contributed by atoms with Gasteiger partial charge in [0.2, 0.25) is 0 Å². The molecule has 2 heterocycles. The maximum absolute atomic E-state index is 15.3. The number of amides is 2. The molecule has 10 rings (SSSR count). The van der Waals surface area contributed by atoms with Crippen molar-refractivity contribution >= 4 is 39.3 Å². The number of carbonyl (C=O) groups is 2. The molecule has 4 heteroatoms. The number of para-hydroxylation sites is 1. The summed E-state index contributed by atoms with van der Waals surface area (Å²) in [5, 5.41) is 2.15. The zero-order valence-electron chi connectivity index (χ0n) is 30.1. The fraction of sp³-hybridized carbons (Fsp3) is 0.0196. The molecule has 1 aliphatic heterocycles. The Morgan fingerprint density at radius 2 is 0.927 bits per heavy atom. The molecule has 0 fully saturated rings. The van der Waals surface area contributed by atoms with Crippen molar-refractivity contribution in [2.45, 2.75) is 6.92 Å². The summed E-state index contributed by atoms with van der Waals surface area (Å²) < 4.78 is 2.16. The fourth-order valence-corrected chi connectivity index (χ4v) is 8.16. The molecule has 9 aromatic rings. The first-order valence-electron chi connectivity index (χ1n) is 18.5. The average molecular weight is 707 g/mol. The highest BCUT2D eigenvalue weighted by Gasteiger charge is 2.41. The molecule has 1 aromatic heterocycles. The largest absolute Gasteiger partial charge is 0.308 e. The topological polar surface area (TPSA) is 42.3 Å². The number of carbonyl (C=O) groups excluding carboxylic acids is 2. The fourth-order valence-electron chi connectivity index (χ4n) is 8.16. The first-order valence-corrected chi connectivity index (χ1v) is 18.5. The summed E-state index contributed by atoms with van der Waals surface area (Å²) in [5.41, 5.74) is 12.8. The lowest BCUT2D eigenvalue weighted by Crippen LogP contribution is -2.30. The monoisotopic (exact) mass is 706 g/mol. The van der Waals surface area contributed by atoms with Crippen LogP contribution in [0, 0.1) is 6.92 Å². The Morgan fingerprint density at radius 3 is 1.58 bits per heavy atom. The van der Waals surface area contributed by atoms with Crippen LogP contribution in [0.2, 0.25) is 0 Å². The molecular weight excluding hydrogens is 673 g/mol. The van der Waals surface area contributed by atoms with Crippen LogP contribution >= 0.6 is 0 Å². The van der Waals surface area contributed by atoms with Crippen LogP contribution < -0.4 is 4.90 Å². The van der Waals surface area contributed by atoms with E-state index in [0.717, 1.165) is 66.3 Å². The van der Waals surface area contributed by atoms with E-state index in [0.29, 0.717) is 22.5 Å². The van der Waals surface area contributed by atoms with Crippen molar-refractivity contribution in [2.75, 3.05) is 4.90 Å². The first-order chi connectivity index (χ1) is 27.0. The Morgan fingerprint density at radius 1 is 0.382 bits per heavy atom. The molecule has 0 saturated carbocycles. The SMILES string of the molecule is Cc1ccc(-c2ccc3c4ccccc4n(-c4cccc5c4C(=O)N(c4c(-c6ccccc6)cc(-c6ccccc6)cc4-c4ccccc4)C5=O)c3c2)cc1. The van der Waals surface area contributed by atoms with E-state index in [-0.39, 0.29) is 11.8 Å². The second kappa shape index (κ2) is 13.0. The van der Waals surface area contributed by atoms with Crippen molar-refractivity contribution in [3.05, 3.63) is 205 Å². The molecule has 0 saturated heterocycles. The standard InChI is InChI=1S/C51H34N2O2/c1-33-24-26-35(27-25-33)38-28-29-41-40-20-11-12-22-45(40)52(47(41)32-38)46-23-13-21-42-48(46)51(55)53(50(42)54)49-43(36-16-7-3-8-17-36)30-39(34-14-5-2-6-15-34)31-44(49)37-18-9-4-10-19-37/h2-32H,1H3. The zero-order chi connectivity index (χ0) is 37.0. The van der Waals surface area contributed by atoms with Gasteiger partial charge in [-0.1, -0.05) is 157 Å². The van der Waals surface area contributed by atoms with Crippen molar-refractivity contribution < 1.29 is 9.59 Å². The summed E-state index contributed by atoms with van der Waals surface area (Å²) in [6.45, 7) is 2.09. The number of anilines is 1. The van der Waals surface area contributed by atoms with Gasteiger partial charge in [-0.3, -0.25) is 9.59 Å².